The average molecular weight is 456 g/mol. The van der Waals surface area contributed by atoms with E-state index in [4.69, 9.17) is 4.74 Å². The molecule has 0 radical (unpaired) electrons. The maximum Gasteiger partial charge on any atom is 0.408 e. The molecular weight excluding hydrogens is 414 g/mol. The fourth-order valence-electron chi connectivity index (χ4n) is 3.06. The number of nitrogens with one attached hydrogen (secondary N) is 3. The molecule has 0 aromatic heterocycles. The number of rotatable bonds is 11. The zero-order valence-corrected chi connectivity index (χ0v) is 20.7. The van der Waals surface area contributed by atoms with Crippen molar-refractivity contribution in [3.63, 3.8) is 0 Å². The molecule has 182 valence electrons. The summed E-state index contributed by atoms with van der Waals surface area (Å²) in [6, 6.07) is 10.2. The molecule has 0 bridgehead atoms. The van der Waals surface area contributed by atoms with Crippen LogP contribution in [0.3, 0.4) is 0 Å². The molecule has 2 amide bonds. The van der Waals surface area contributed by atoms with E-state index in [9.17, 15) is 9.59 Å². The molecule has 6 heteroatoms. The minimum atomic E-state index is -0.595. The number of unbranched alkanes of at least 4 members (excludes halogenated alkanes) is 1. The number of amides is 2. The summed E-state index contributed by atoms with van der Waals surface area (Å²) in [7, 11) is 0. The summed E-state index contributed by atoms with van der Waals surface area (Å²) in [5.74, 6) is 0.428. The monoisotopic (exact) mass is 455 g/mol. The maximum absolute atomic E-state index is 11.5. The van der Waals surface area contributed by atoms with Crippen molar-refractivity contribution < 1.29 is 14.3 Å². The number of benzene rings is 1. The molecule has 2 unspecified atom stereocenters. The Morgan fingerprint density at radius 1 is 1.15 bits per heavy atom. The minimum Gasteiger partial charge on any atom is -0.444 e. The fourth-order valence-corrected chi connectivity index (χ4v) is 3.06. The predicted octanol–water partition coefficient (Wildman–Crippen LogP) is 4.89. The fraction of sp³-hybridized carbons (Fsp3) is 0.481. The summed E-state index contributed by atoms with van der Waals surface area (Å²) in [5, 5.41) is 8.67. The molecule has 1 aromatic rings. The Morgan fingerprint density at radius 2 is 1.85 bits per heavy atom. The van der Waals surface area contributed by atoms with Crippen molar-refractivity contribution in [3.05, 3.63) is 72.9 Å². The van der Waals surface area contributed by atoms with Crippen LogP contribution in [0.1, 0.15) is 52.5 Å². The van der Waals surface area contributed by atoms with E-state index in [2.05, 4.69) is 42.1 Å². The van der Waals surface area contributed by atoms with Gasteiger partial charge in [0.05, 0.1) is 0 Å². The van der Waals surface area contributed by atoms with Crippen LogP contribution in [0.2, 0.25) is 0 Å². The van der Waals surface area contributed by atoms with Crippen LogP contribution in [-0.4, -0.2) is 36.7 Å². The van der Waals surface area contributed by atoms with Crippen molar-refractivity contribution in [1.29, 1.82) is 0 Å². The number of carbonyl (C=O) groups excluding carboxylic acids is 2. The smallest absolute Gasteiger partial charge is 0.408 e. The summed E-state index contributed by atoms with van der Waals surface area (Å²) in [5.41, 5.74) is 1.77. The van der Waals surface area contributed by atoms with Crippen LogP contribution < -0.4 is 16.0 Å². The molecular formula is C27H41N3O3. The highest BCUT2D eigenvalue weighted by Gasteiger charge is 2.37. The summed E-state index contributed by atoms with van der Waals surface area (Å²) in [4.78, 5) is 22.8. The lowest BCUT2D eigenvalue weighted by atomic mass is 10.1. The van der Waals surface area contributed by atoms with E-state index < -0.39 is 11.7 Å². The lowest BCUT2D eigenvalue weighted by Crippen LogP contribution is -2.39. The molecule has 0 saturated heterocycles. The number of ether oxygens (including phenoxy) is 1. The molecule has 33 heavy (non-hydrogen) atoms. The van der Waals surface area contributed by atoms with Gasteiger partial charge >= 0.3 is 6.09 Å². The molecule has 0 spiro atoms. The van der Waals surface area contributed by atoms with Crippen molar-refractivity contribution >= 4 is 12.0 Å². The molecule has 2 rings (SSSR count). The van der Waals surface area contributed by atoms with Crippen LogP contribution in [0.25, 0.3) is 0 Å². The van der Waals surface area contributed by atoms with E-state index in [1.165, 1.54) is 24.8 Å². The Morgan fingerprint density at radius 3 is 2.42 bits per heavy atom. The Balaban J connectivity index is 0.000000346. The maximum atomic E-state index is 11.5. The molecule has 1 aliphatic rings. The van der Waals surface area contributed by atoms with Crippen molar-refractivity contribution in [3.8, 4) is 0 Å². The van der Waals surface area contributed by atoms with Gasteiger partial charge in [0.15, 0.2) is 0 Å². The van der Waals surface area contributed by atoms with Crippen LogP contribution in [0.15, 0.2) is 67.3 Å². The van der Waals surface area contributed by atoms with E-state index >= 15 is 0 Å². The zero-order valence-electron chi connectivity index (χ0n) is 20.7. The molecule has 1 aliphatic carbocycles. The van der Waals surface area contributed by atoms with E-state index in [0.29, 0.717) is 18.5 Å². The summed E-state index contributed by atoms with van der Waals surface area (Å²) in [6.45, 7) is 16.6. The van der Waals surface area contributed by atoms with Gasteiger partial charge in [0.2, 0.25) is 5.91 Å². The van der Waals surface area contributed by atoms with Gasteiger partial charge in [-0.2, -0.15) is 0 Å². The number of carbonyl (C=O) groups is 2. The van der Waals surface area contributed by atoms with Gasteiger partial charge in [-0.3, -0.25) is 4.79 Å². The summed E-state index contributed by atoms with van der Waals surface area (Å²) < 4.78 is 5.02. The minimum absolute atomic E-state index is 0.0955. The third kappa shape index (κ3) is 13.3. The second-order valence-corrected chi connectivity index (χ2v) is 8.98. The van der Waals surface area contributed by atoms with Crippen LogP contribution in [-0.2, 0) is 16.1 Å². The first-order valence-electron chi connectivity index (χ1n) is 11.7. The Hall–Kier alpha value is -2.86. The Labute approximate surface area is 199 Å². The summed E-state index contributed by atoms with van der Waals surface area (Å²) in [6.07, 6.45) is 9.07. The lowest BCUT2D eigenvalue weighted by molar-refractivity contribution is -0.120. The summed E-state index contributed by atoms with van der Waals surface area (Å²) >= 11 is 0. The highest BCUT2D eigenvalue weighted by molar-refractivity contribution is 5.82. The molecule has 1 aromatic carbocycles. The highest BCUT2D eigenvalue weighted by Crippen LogP contribution is 2.37. The largest absolute Gasteiger partial charge is 0.444 e. The molecule has 6 nitrogen and oxygen atoms in total. The molecule has 1 fully saturated rings. The number of alkyl carbamates (subject to hydrolysis) is 1. The Bertz CT molecular complexity index is 782. The van der Waals surface area contributed by atoms with Crippen molar-refractivity contribution in [2.24, 2.45) is 5.92 Å². The third-order valence-corrected chi connectivity index (χ3v) is 4.83. The lowest BCUT2D eigenvalue weighted by Gasteiger charge is -2.19. The van der Waals surface area contributed by atoms with E-state index in [1.807, 2.05) is 42.5 Å². The van der Waals surface area contributed by atoms with Crippen LogP contribution in [0, 0.1) is 5.92 Å². The quantitative estimate of drug-likeness (QED) is 0.328. The standard InChI is InChI=1S/C14H20N2O3.C13H21N/c1-14(2,3)19-13(18)16-10-12(17)15-9-11-7-5-4-6-8-11;1-4-7-9-14-13-10-12(13)11(6-3)8-5-2/h4-8H,9-10H2,1-3H3,(H,15,17)(H,16,18);5-6,8,12-14H,2-4,7,9-10H2,1H3/b;11-8+. The molecule has 0 heterocycles. The number of allylic oxidation sites excluding steroid dienone is 3. The topological polar surface area (TPSA) is 79.5 Å². The van der Waals surface area contributed by atoms with Gasteiger partial charge in [-0.25, -0.2) is 4.79 Å². The van der Waals surface area contributed by atoms with Crippen molar-refractivity contribution in [1.82, 2.24) is 16.0 Å². The van der Waals surface area contributed by atoms with Gasteiger partial charge in [-0.1, -0.05) is 75.1 Å². The first kappa shape index (κ1) is 28.2. The average Bonchev–Trinajstić information content (AvgIpc) is 3.54. The molecule has 1 saturated carbocycles. The van der Waals surface area contributed by atoms with Gasteiger partial charge in [0.1, 0.15) is 12.1 Å². The zero-order chi connectivity index (χ0) is 24.7. The second-order valence-electron chi connectivity index (χ2n) is 8.98. The van der Waals surface area contributed by atoms with E-state index in [-0.39, 0.29) is 12.5 Å². The first-order valence-corrected chi connectivity index (χ1v) is 11.7. The Kier molecular flexibility index (Phi) is 12.9. The van der Waals surface area contributed by atoms with Crippen molar-refractivity contribution in [2.75, 3.05) is 13.1 Å². The van der Waals surface area contributed by atoms with Gasteiger partial charge < -0.3 is 20.7 Å². The predicted molar refractivity (Wildman–Crippen MR) is 136 cm³/mol. The molecule has 2 atom stereocenters. The van der Waals surface area contributed by atoms with Crippen molar-refractivity contribution in [2.45, 2.75) is 65.1 Å². The first-order chi connectivity index (χ1) is 15.7. The SMILES string of the molecule is C=C/C=C(\C=C)C1CC1NCCCC.CC(C)(C)OC(=O)NCC(=O)NCc1ccccc1. The van der Waals surface area contributed by atoms with Crippen LogP contribution in [0.4, 0.5) is 4.79 Å². The molecule has 0 aliphatic heterocycles. The molecule has 3 N–H and O–H groups in total. The normalized spacial score (nSPS) is 17.2. The van der Waals surface area contributed by atoms with Gasteiger partial charge in [0, 0.05) is 18.5 Å². The van der Waals surface area contributed by atoms with Crippen LogP contribution >= 0.6 is 0 Å². The number of hydrogen-bond acceptors (Lipinski definition) is 4. The van der Waals surface area contributed by atoms with Gasteiger partial charge in [0.25, 0.3) is 0 Å². The highest BCUT2D eigenvalue weighted by atomic mass is 16.6. The second kappa shape index (κ2) is 15.1. The van der Waals surface area contributed by atoms with Gasteiger partial charge in [-0.05, 0) is 51.3 Å². The van der Waals surface area contributed by atoms with Gasteiger partial charge in [-0.15, -0.1) is 0 Å². The number of hydrogen-bond donors (Lipinski definition) is 3. The van der Waals surface area contributed by atoms with E-state index in [0.717, 1.165) is 12.1 Å². The van der Waals surface area contributed by atoms with E-state index in [1.54, 1.807) is 20.8 Å². The van der Waals surface area contributed by atoms with Crippen LogP contribution in [0.5, 0.6) is 0 Å². The third-order valence-electron chi connectivity index (χ3n) is 4.83.